The van der Waals surface area contributed by atoms with Crippen LogP contribution in [0.3, 0.4) is 0 Å². The summed E-state index contributed by atoms with van der Waals surface area (Å²) in [7, 11) is 1.56. The Morgan fingerprint density at radius 1 is 1.42 bits per heavy atom. The van der Waals surface area contributed by atoms with Crippen molar-refractivity contribution in [3.05, 3.63) is 0 Å². The number of fused-ring (bicyclic) bond motifs is 2. The van der Waals surface area contributed by atoms with Gasteiger partial charge in [0, 0.05) is 7.11 Å². The van der Waals surface area contributed by atoms with Crippen molar-refractivity contribution in [1.82, 2.24) is 4.90 Å². The average Bonchev–Trinajstić information content (AvgIpc) is 2.84. The van der Waals surface area contributed by atoms with Crippen molar-refractivity contribution in [2.24, 2.45) is 0 Å². The summed E-state index contributed by atoms with van der Waals surface area (Å²) in [5, 5.41) is 0. The Balaban J connectivity index is 1.82. The number of piperidine rings is 1. The zero-order valence-electron chi connectivity index (χ0n) is 11.3. The van der Waals surface area contributed by atoms with Crippen LogP contribution in [0.4, 0.5) is 4.79 Å². The van der Waals surface area contributed by atoms with Crippen LogP contribution in [0, 0.1) is 0 Å². The van der Waals surface area contributed by atoms with E-state index >= 15 is 0 Å². The molecular formula is C12H19NO6. The number of amides is 1. The molecule has 0 bridgehead atoms. The first kappa shape index (κ1) is 13.1. The smallest absolute Gasteiger partial charge is 0.410 e. The number of ether oxygens (including phenoxy) is 5. The van der Waals surface area contributed by atoms with Gasteiger partial charge >= 0.3 is 6.09 Å². The third kappa shape index (κ3) is 2.20. The Hall–Kier alpha value is -0.890. The molecule has 7 nitrogen and oxygen atoms in total. The number of cyclic esters (lactones) is 1. The Labute approximate surface area is 111 Å². The first-order valence-electron chi connectivity index (χ1n) is 6.41. The minimum absolute atomic E-state index is 0.138. The molecule has 0 saturated carbocycles. The monoisotopic (exact) mass is 273 g/mol. The normalized spacial score (nSPS) is 39.9. The molecule has 108 valence electrons. The Bertz CT molecular complexity index is 373. The summed E-state index contributed by atoms with van der Waals surface area (Å²) in [4.78, 5) is 13.4. The topological polar surface area (TPSA) is 66.5 Å². The second kappa shape index (κ2) is 4.59. The van der Waals surface area contributed by atoms with Gasteiger partial charge in [-0.15, -0.1) is 0 Å². The molecule has 0 aliphatic carbocycles. The number of rotatable bonds is 3. The van der Waals surface area contributed by atoms with Gasteiger partial charge in [-0.3, -0.25) is 4.90 Å². The van der Waals surface area contributed by atoms with Crippen LogP contribution in [0.1, 0.15) is 13.8 Å². The molecule has 3 saturated heterocycles. The number of carbonyl (C=O) groups excluding carboxylic acids is 1. The Kier molecular flexibility index (Phi) is 3.17. The average molecular weight is 273 g/mol. The molecule has 7 heteroatoms. The van der Waals surface area contributed by atoms with Crippen molar-refractivity contribution in [3.8, 4) is 0 Å². The molecule has 0 aromatic rings. The molecule has 19 heavy (non-hydrogen) atoms. The second-order valence-electron chi connectivity index (χ2n) is 5.47. The first-order chi connectivity index (χ1) is 9.02. The van der Waals surface area contributed by atoms with Gasteiger partial charge in [-0.25, -0.2) is 4.79 Å². The SMILES string of the molecule is COCO[C@H]1[C@@H]2OC(C)(C)O[C@@H]2CN2C(=O)OC[C@H]12. The highest BCUT2D eigenvalue weighted by atomic mass is 16.8. The summed E-state index contributed by atoms with van der Waals surface area (Å²) in [5.41, 5.74) is 0. The maximum atomic E-state index is 11.7. The molecule has 0 radical (unpaired) electrons. The fraction of sp³-hybridized carbons (Fsp3) is 0.917. The highest BCUT2D eigenvalue weighted by Crippen LogP contribution is 2.38. The second-order valence-corrected chi connectivity index (χ2v) is 5.47. The number of carbonyl (C=O) groups is 1. The standard InChI is InChI=1S/C12H19NO6/c1-12(2)18-8-4-13-7(5-16-11(13)14)9(10(8)19-12)17-6-15-3/h7-10H,4-6H2,1-3H3/t7-,8-,9-,10-/m1/s1. The molecule has 0 spiro atoms. The summed E-state index contributed by atoms with van der Waals surface area (Å²) in [6.07, 6.45) is -1.02. The largest absolute Gasteiger partial charge is 0.447 e. The van der Waals surface area contributed by atoms with E-state index in [0.717, 1.165) is 0 Å². The maximum Gasteiger partial charge on any atom is 0.410 e. The van der Waals surface area contributed by atoms with E-state index in [1.54, 1.807) is 12.0 Å². The highest BCUT2D eigenvalue weighted by molar-refractivity contribution is 5.70. The molecular weight excluding hydrogens is 254 g/mol. The van der Waals surface area contributed by atoms with Gasteiger partial charge in [0.1, 0.15) is 31.7 Å². The van der Waals surface area contributed by atoms with Crippen molar-refractivity contribution in [1.29, 1.82) is 0 Å². The zero-order valence-corrected chi connectivity index (χ0v) is 11.3. The maximum absolute atomic E-state index is 11.7. The molecule has 1 amide bonds. The summed E-state index contributed by atoms with van der Waals surface area (Å²) in [6, 6.07) is -0.138. The van der Waals surface area contributed by atoms with Crippen molar-refractivity contribution < 1.29 is 28.5 Å². The van der Waals surface area contributed by atoms with Crippen LogP contribution in [-0.4, -0.2) is 68.2 Å². The van der Waals surface area contributed by atoms with Gasteiger partial charge in [-0.1, -0.05) is 0 Å². The summed E-state index contributed by atoms with van der Waals surface area (Å²) >= 11 is 0. The van der Waals surface area contributed by atoms with Gasteiger partial charge < -0.3 is 23.7 Å². The number of hydrogen-bond acceptors (Lipinski definition) is 6. The van der Waals surface area contributed by atoms with E-state index in [1.165, 1.54) is 0 Å². The molecule has 3 fully saturated rings. The summed E-state index contributed by atoms with van der Waals surface area (Å²) in [6.45, 7) is 4.67. The van der Waals surface area contributed by atoms with Crippen LogP contribution in [-0.2, 0) is 23.7 Å². The lowest BCUT2D eigenvalue weighted by Gasteiger charge is -2.39. The van der Waals surface area contributed by atoms with Gasteiger partial charge in [0.05, 0.1) is 12.6 Å². The van der Waals surface area contributed by atoms with Crippen molar-refractivity contribution >= 4 is 6.09 Å². The number of methoxy groups -OCH3 is 1. The van der Waals surface area contributed by atoms with Crippen LogP contribution in [0.2, 0.25) is 0 Å². The fourth-order valence-corrected chi connectivity index (χ4v) is 3.00. The summed E-state index contributed by atoms with van der Waals surface area (Å²) < 4.78 is 27.5. The first-order valence-corrected chi connectivity index (χ1v) is 6.41. The van der Waals surface area contributed by atoms with E-state index in [4.69, 9.17) is 23.7 Å². The van der Waals surface area contributed by atoms with Gasteiger partial charge in [-0.2, -0.15) is 0 Å². The van der Waals surface area contributed by atoms with Crippen molar-refractivity contribution in [3.63, 3.8) is 0 Å². The van der Waals surface area contributed by atoms with Crippen LogP contribution < -0.4 is 0 Å². The predicted molar refractivity (Wildman–Crippen MR) is 62.4 cm³/mol. The van der Waals surface area contributed by atoms with E-state index in [1.807, 2.05) is 13.8 Å². The van der Waals surface area contributed by atoms with Gasteiger partial charge in [-0.05, 0) is 13.8 Å². The number of nitrogens with zero attached hydrogens (tertiary/aromatic N) is 1. The fourth-order valence-electron chi connectivity index (χ4n) is 3.00. The van der Waals surface area contributed by atoms with Crippen molar-refractivity contribution in [2.45, 2.75) is 44.0 Å². The molecule has 3 rings (SSSR count). The van der Waals surface area contributed by atoms with Crippen LogP contribution in [0.15, 0.2) is 0 Å². The van der Waals surface area contributed by atoms with E-state index in [-0.39, 0.29) is 37.2 Å². The highest BCUT2D eigenvalue weighted by Gasteiger charge is 2.56. The molecule has 3 aliphatic heterocycles. The molecule has 0 N–H and O–H groups in total. The van der Waals surface area contributed by atoms with E-state index < -0.39 is 5.79 Å². The lowest BCUT2D eigenvalue weighted by atomic mass is 9.95. The molecule has 0 unspecified atom stereocenters. The third-order valence-corrected chi connectivity index (χ3v) is 3.69. The zero-order chi connectivity index (χ0) is 13.6. The third-order valence-electron chi connectivity index (χ3n) is 3.69. The van der Waals surface area contributed by atoms with Crippen LogP contribution in [0.5, 0.6) is 0 Å². The molecule has 0 aromatic heterocycles. The molecule has 3 aliphatic rings. The predicted octanol–water partition coefficient (Wildman–Crippen LogP) is 0.330. The van der Waals surface area contributed by atoms with Gasteiger partial charge in [0.25, 0.3) is 0 Å². The lowest BCUT2D eigenvalue weighted by Crippen LogP contribution is -2.60. The van der Waals surface area contributed by atoms with Crippen LogP contribution >= 0.6 is 0 Å². The van der Waals surface area contributed by atoms with Crippen LogP contribution in [0.25, 0.3) is 0 Å². The minimum atomic E-state index is -0.659. The van der Waals surface area contributed by atoms with Gasteiger partial charge in [0.15, 0.2) is 5.79 Å². The van der Waals surface area contributed by atoms with E-state index in [9.17, 15) is 4.79 Å². The lowest BCUT2D eigenvalue weighted by molar-refractivity contribution is -0.176. The van der Waals surface area contributed by atoms with E-state index in [2.05, 4.69) is 0 Å². The molecule has 4 atom stereocenters. The molecule has 0 aromatic carbocycles. The van der Waals surface area contributed by atoms with Crippen molar-refractivity contribution in [2.75, 3.05) is 27.1 Å². The Morgan fingerprint density at radius 2 is 2.21 bits per heavy atom. The van der Waals surface area contributed by atoms with Gasteiger partial charge in [0.2, 0.25) is 0 Å². The van der Waals surface area contributed by atoms with E-state index in [0.29, 0.717) is 13.2 Å². The molecule has 3 heterocycles. The minimum Gasteiger partial charge on any atom is -0.447 e. The summed E-state index contributed by atoms with van der Waals surface area (Å²) in [5.74, 6) is -0.659. The quantitative estimate of drug-likeness (QED) is 0.690. The number of hydrogen-bond donors (Lipinski definition) is 0. The Morgan fingerprint density at radius 3 is 2.95 bits per heavy atom.